The quantitative estimate of drug-likeness (QED) is 0.432. The lowest BCUT2D eigenvalue weighted by molar-refractivity contribution is -0.118. The van der Waals surface area contributed by atoms with Crippen LogP contribution in [0.5, 0.6) is 0 Å². The second-order valence-corrected chi connectivity index (χ2v) is 11.8. The van der Waals surface area contributed by atoms with Gasteiger partial charge in [-0.2, -0.15) is 4.99 Å². The first-order chi connectivity index (χ1) is 15.5. The highest BCUT2D eigenvalue weighted by atomic mass is 32.2. The van der Waals surface area contributed by atoms with Gasteiger partial charge in [-0.05, 0) is 48.9 Å². The van der Waals surface area contributed by atoms with Gasteiger partial charge in [0.1, 0.15) is 5.82 Å². The topological polar surface area (TPSA) is 138 Å². The molecular weight excluding hydrogens is 493 g/mol. The average molecular weight is 516 g/mol. The Bertz CT molecular complexity index is 1440. The molecule has 0 aliphatic rings. The summed E-state index contributed by atoms with van der Waals surface area (Å²) in [6.07, 6.45) is -0.0675. The first-order valence-electron chi connectivity index (χ1n) is 9.72. The molecule has 1 amide bonds. The molecule has 0 saturated carbocycles. The van der Waals surface area contributed by atoms with Crippen LogP contribution in [-0.4, -0.2) is 46.8 Å². The third-order valence-corrected chi connectivity index (χ3v) is 8.47. The highest BCUT2D eigenvalue weighted by molar-refractivity contribution is 7.91. The number of carbonyl (C=O) groups is 1. The summed E-state index contributed by atoms with van der Waals surface area (Å²) in [5.74, 6) is -1.34. The molecule has 178 valence electrons. The maximum Gasteiger partial charge on any atom is 0.248 e. The Morgan fingerprint density at radius 1 is 1.12 bits per heavy atom. The van der Waals surface area contributed by atoms with Gasteiger partial charge in [-0.15, -0.1) is 0 Å². The number of hydrogen-bond acceptors (Lipinski definition) is 7. The lowest BCUT2D eigenvalue weighted by Gasteiger charge is -2.05. The van der Waals surface area contributed by atoms with Crippen molar-refractivity contribution < 1.29 is 30.8 Å². The van der Waals surface area contributed by atoms with E-state index in [0.717, 1.165) is 23.5 Å². The van der Waals surface area contributed by atoms with Gasteiger partial charge in [0.15, 0.2) is 14.6 Å². The second-order valence-electron chi connectivity index (χ2n) is 7.09. The number of hydrogen-bond donors (Lipinski definition) is 1. The number of amides is 1. The third kappa shape index (κ3) is 6.32. The number of sulfonamides is 1. The molecule has 0 radical (unpaired) electrons. The Balaban J connectivity index is 1.81. The maximum absolute atomic E-state index is 13.0. The number of benzene rings is 2. The Hall–Kier alpha value is -2.45. The van der Waals surface area contributed by atoms with Crippen molar-refractivity contribution in [2.45, 2.75) is 29.2 Å². The van der Waals surface area contributed by atoms with Crippen LogP contribution in [0.4, 0.5) is 4.39 Å². The monoisotopic (exact) mass is 515 g/mol. The van der Waals surface area contributed by atoms with E-state index in [1.54, 1.807) is 10.6 Å². The first-order valence-corrected chi connectivity index (χ1v) is 13.7. The zero-order valence-electron chi connectivity index (χ0n) is 17.6. The van der Waals surface area contributed by atoms with Gasteiger partial charge in [-0.25, -0.2) is 26.4 Å². The van der Waals surface area contributed by atoms with Gasteiger partial charge in [0.2, 0.25) is 15.9 Å². The fourth-order valence-electron chi connectivity index (χ4n) is 3.05. The Morgan fingerprint density at radius 2 is 1.79 bits per heavy atom. The minimum Gasteiger partial charge on any atom is -0.383 e. The van der Waals surface area contributed by atoms with Crippen molar-refractivity contribution in [3.63, 3.8) is 0 Å². The maximum atomic E-state index is 13.0. The molecule has 0 saturated heterocycles. The van der Waals surface area contributed by atoms with Gasteiger partial charge < -0.3 is 9.30 Å². The molecule has 0 atom stereocenters. The molecule has 1 heterocycles. The lowest BCUT2D eigenvalue weighted by atomic mass is 10.3. The van der Waals surface area contributed by atoms with Crippen LogP contribution < -0.4 is 9.94 Å². The largest absolute Gasteiger partial charge is 0.383 e. The van der Waals surface area contributed by atoms with E-state index in [1.165, 1.54) is 31.4 Å². The van der Waals surface area contributed by atoms with Crippen LogP contribution in [0.2, 0.25) is 0 Å². The summed E-state index contributed by atoms with van der Waals surface area (Å²) in [6.45, 7) is 0.705. The fraction of sp³-hybridized carbons (Fsp3) is 0.300. The normalized spacial score (nSPS) is 13.0. The number of carbonyl (C=O) groups excluding carboxylic acids is 1. The van der Waals surface area contributed by atoms with Crippen LogP contribution in [0.15, 0.2) is 57.2 Å². The Morgan fingerprint density at radius 3 is 2.42 bits per heavy atom. The number of thiazole rings is 1. The number of nitrogens with two attached hydrogens (primary N) is 1. The molecule has 0 spiro atoms. The van der Waals surface area contributed by atoms with Gasteiger partial charge in [-0.3, -0.25) is 4.79 Å². The average Bonchev–Trinajstić information content (AvgIpc) is 3.07. The first kappa shape index (κ1) is 25.2. The van der Waals surface area contributed by atoms with E-state index < -0.39 is 31.6 Å². The number of methoxy groups -OCH3 is 1. The van der Waals surface area contributed by atoms with E-state index in [9.17, 15) is 26.0 Å². The summed E-state index contributed by atoms with van der Waals surface area (Å²) in [7, 11) is -6.02. The highest BCUT2D eigenvalue weighted by Crippen LogP contribution is 2.21. The summed E-state index contributed by atoms with van der Waals surface area (Å²) < 4.78 is 68.4. The highest BCUT2D eigenvalue weighted by Gasteiger charge is 2.16. The Labute approximate surface area is 194 Å². The molecule has 1 aromatic heterocycles. The third-order valence-electron chi connectivity index (χ3n) is 4.70. The van der Waals surface area contributed by atoms with Crippen molar-refractivity contribution in [1.82, 2.24) is 4.57 Å². The molecule has 2 aromatic carbocycles. The molecule has 0 aliphatic heterocycles. The van der Waals surface area contributed by atoms with Crippen LogP contribution in [0.3, 0.4) is 0 Å². The van der Waals surface area contributed by atoms with E-state index in [1.807, 2.05) is 0 Å². The molecule has 3 aromatic rings. The van der Waals surface area contributed by atoms with Gasteiger partial charge in [0, 0.05) is 20.1 Å². The van der Waals surface area contributed by atoms with E-state index in [2.05, 4.69) is 4.99 Å². The van der Waals surface area contributed by atoms with Crippen molar-refractivity contribution >= 4 is 47.3 Å². The number of nitrogens with zero attached hydrogens (tertiary/aromatic N) is 2. The van der Waals surface area contributed by atoms with E-state index in [-0.39, 0.29) is 28.4 Å². The minimum atomic E-state index is -3.89. The number of fused-ring (bicyclic) bond motifs is 1. The number of primary sulfonamides is 1. The van der Waals surface area contributed by atoms with Crippen LogP contribution in [0.25, 0.3) is 10.2 Å². The lowest BCUT2D eigenvalue weighted by Crippen LogP contribution is -2.19. The molecule has 0 unspecified atom stereocenters. The molecule has 9 nitrogen and oxygen atoms in total. The molecule has 0 fully saturated rings. The van der Waals surface area contributed by atoms with Crippen molar-refractivity contribution in [3.05, 3.63) is 53.1 Å². The smallest absolute Gasteiger partial charge is 0.248 e. The molecular formula is C20H22FN3O6S3. The molecule has 0 aliphatic carbocycles. The summed E-state index contributed by atoms with van der Waals surface area (Å²) in [5, 5.41) is 5.20. The SMILES string of the molecule is COCCn1c(=NC(=O)CCCS(=O)(=O)c2ccc(F)cc2)sc2cc(S(N)(=O)=O)ccc21. The zero-order chi connectivity index (χ0) is 24.2. The van der Waals surface area contributed by atoms with Crippen LogP contribution in [0.1, 0.15) is 12.8 Å². The molecule has 3 rings (SSSR count). The van der Waals surface area contributed by atoms with Crippen LogP contribution in [0, 0.1) is 5.82 Å². The van der Waals surface area contributed by atoms with Crippen molar-refractivity contribution in [2.24, 2.45) is 10.1 Å². The Kier molecular flexibility index (Phi) is 7.80. The predicted molar refractivity (Wildman–Crippen MR) is 121 cm³/mol. The van der Waals surface area contributed by atoms with Gasteiger partial charge in [0.05, 0.1) is 32.4 Å². The van der Waals surface area contributed by atoms with Crippen LogP contribution in [-0.2, 0) is 35.9 Å². The molecule has 13 heteroatoms. The molecule has 0 bridgehead atoms. The number of sulfone groups is 1. The summed E-state index contributed by atoms with van der Waals surface area (Å²) in [4.78, 5) is 16.8. The standard InChI is InChI=1S/C20H22FN3O6S3/c1-30-11-10-24-17-9-8-16(33(22,28)29)13-18(17)31-20(24)23-19(25)3-2-12-32(26,27)15-6-4-14(21)5-7-15/h4-9,13H,2-3,10-12H2,1H3,(H2,22,28,29). The fourth-order valence-corrected chi connectivity index (χ4v) is 6.09. The summed E-state index contributed by atoms with van der Waals surface area (Å²) >= 11 is 1.12. The number of ether oxygens (including phenoxy) is 1. The van der Waals surface area contributed by atoms with Crippen molar-refractivity contribution in [1.29, 1.82) is 0 Å². The number of halogens is 1. The van der Waals surface area contributed by atoms with E-state index in [0.29, 0.717) is 28.2 Å². The van der Waals surface area contributed by atoms with Crippen LogP contribution >= 0.6 is 11.3 Å². The second kappa shape index (κ2) is 10.2. The predicted octanol–water partition coefficient (Wildman–Crippen LogP) is 1.82. The van der Waals surface area contributed by atoms with Crippen molar-refractivity contribution in [3.8, 4) is 0 Å². The van der Waals surface area contributed by atoms with E-state index >= 15 is 0 Å². The molecule has 2 N–H and O–H groups in total. The summed E-state index contributed by atoms with van der Waals surface area (Å²) in [6, 6.07) is 8.87. The van der Waals surface area contributed by atoms with Gasteiger partial charge in [-0.1, -0.05) is 11.3 Å². The van der Waals surface area contributed by atoms with Gasteiger partial charge >= 0.3 is 0 Å². The van der Waals surface area contributed by atoms with Gasteiger partial charge in [0.25, 0.3) is 0 Å². The molecule has 33 heavy (non-hydrogen) atoms. The number of aromatic nitrogens is 1. The van der Waals surface area contributed by atoms with Crippen molar-refractivity contribution in [2.75, 3.05) is 19.5 Å². The zero-order valence-corrected chi connectivity index (χ0v) is 20.1. The summed E-state index contributed by atoms with van der Waals surface area (Å²) in [5.41, 5.74) is 0.662. The minimum absolute atomic E-state index is 0.0131. The number of rotatable bonds is 9. The van der Waals surface area contributed by atoms with E-state index in [4.69, 9.17) is 9.88 Å².